The maximum Gasteiger partial charge on any atom is 0.261 e. The van der Waals surface area contributed by atoms with Crippen molar-refractivity contribution in [3.63, 3.8) is 0 Å². The maximum absolute atomic E-state index is 13.7. The standard InChI is InChI=1S/C12H12Cl2FNO3S/c1-7-2-3-16(6-7)12(17)9-4-8(20(14,18)19)5-10(15)11(9)13/h4-5,7H,2-3,6H2,1H3. The molecule has 1 atom stereocenters. The number of benzene rings is 1. The molecule has 0 saturated carbocycles. The molecule has 0 aromatic heterocycles. The lowest BCUT2D eigenvalue weighted by Crippen LogP contribution is -2.29. The molecule has 4 nitrogen and oxygen atoms in total. The van der Waals surface area contributed by atoms with Crippen molar-refractivity contribution in [1.29, 1.82) is 0 Å². The zero-order valence-corrected chi connectivity index (χ0v) is 12.9. The van der Waals surface area contributed by atoms with Gasteiger partial charge in [-0.25, -0.2) is 12.8 Å². The predicted molar refractivity (Wildman–Crippen MR) is 74.1 cm³/mol. The number of likely N-dealkylation sites (tertiary alicyclic amines) is 1. The van der Waals surface area contributed by atoms with Gasteiger partial charge in [-0.15, -0.1) is 0 Å². The molecule has 110 valence electrons. The van der Waals surface area contributed by atoms with E-state index in [0.29, 0.717) is 25.1 Å². The van der Waals surface area contributed by atoms with E-state index in [-0.39, 0.29) is 5.56 Å². The van der Waals surface area contributed by atoms with Gasteiger partial charge in [0.05, 0.1) is 15.5 Å². The molecule has 1 heterocycles. The highest BCUT2D eigenvalue weighted by atomic mass is 35.7. The summed E-state index contributed by atoms with van der Waals surface area (Å²) in [6.45, 7) is 3.07. The Balaban J connectivity index is 2.45. The molecule has 1 aromatic carbocycles. The number of hydrogen-bond acceptors (Lipinski definition) is 3. The number of hydrogen-bond donors (Lipinski definition) is 0. The van der Waals surface area contributed by atoms with Crippen molar-refractivity contribution in [2.24, 2.45) is 5.92 Å². The van der Waals surface area contributed by atoms with Crippen LogP contribution in [0.3, 0.4) is 0 Å². The summed E-state index contributed by atoms with van der Waals surface area (Å²) in [5.74, 6) is -1.12. The summed E-state index contributed by atoms with van der Waals surface area (Å²) < 4.78 is 36.2. The molecule has 1 aromatic rings. The van der Waals surface area contributed by atoms with E-state index in [1.54, 1.807) is 0 Å². The average molecular weight is 340 g/mol. The molecule has 1 amide bonds. The van der Waals surface area contributed by atoms with E-state index < -0.39 is 30.7 Å². The molecule has 1 saturated heterocycles. The summed E-state index contributed by atoms with van der Waals surface area (Å²) in [5, 5.41) is -0.390. The Morgan fingerprint density at radius 2 is 2.10 bits per heavy atom. The zero-order valence-electron chi connectivity index (χ0n) is 10.6. The normalized spacial score (nSPS) is 19.4. The number of carbonyl (C=O) groups excluding carboxylic acids is 1. The van der Waals surface area contributed by atoms with Gasteiger partial charge in [0.25, 0.3) is 15.0 Å². The topological polar surface area (TPSA) is 54.5 Å². The lowest BCUT2D eigenvalue weighted by atomic mass is 10.1. The van der Waals surface area contributed by atoms with Crippen LogP contribution in [-0.2, 0) is 9.05 Å². The van der Waals surface area contributed by atoms with Crippen LogP contribution in [0.5, 0.6) is 0 Å². The zero-order chi connectivity index (χ0) is 15.1. The Labute approximate surface area is 125 Å². The minimum atomic E-state index is -4.13. The molecular weight excluding hydrogens is 328 g/mol. The van der Waals surface area contributed by atoms with Crippen LogP contribution in [0, 0.1) is 11.7 Å². The summed E-state index contributed by atoms with van der Waals surface area (Å²) in [6.07, 6.45) is 0.847. The minimum absolute atomic E-state index is 0.181. The van der Waals surface area contributed by atoms with E-state index in [2.05, 4.69) is 0 Å². The van der Waals surface area contributed by atoms with Gasteiger partial charge in [0.15, 0.2) is 0 Å². The van der Waals surface area contributed by atoms with Gasteiger partial charge in [0.2, 0.25) is 0 Å². The molecule has 0 spiro atoms. The summed E-state index contributed by atoms with van der Waals surface area (Å²) >= 11 is 5.76. The molecule has 20 heavy (non-hydrogen) atoms. The van der Waals surface area contributed by atoms with Crippen LogP contribution in [0.2, 0.25) is 5.02 Å². The second-order valence-corrected chi connectivity index (χ2v) is 7.79. The molecule has 0 aliphatic carbocycles. The van der Waals surface area contributed by atoms with E-state index >= 15 is 0 Å². The second kappa shape index (κ2) is 5.50. The van der Waals surface area contributed by atoms with Crippen molar-refractivity contribution in [3.8, 4) is 0 Å². The third kappa shape index (κ3) is 3.07. The number of carbonyl (C=O) groups is 1. The smallest absolute Gasteiger partial charge is 0.261 e. The van der Waals surface area contributed by atoms with E-state index in [0.717, 1.165) is 12.5 Å². The fourth-order valence-corrected chi connectivity index (χ4v) is 3.11. The summed E-state index contributed by atoms with van der Waals surface area (Å²) in [5.41, 5.74) is -0.181. The lowest BCUT2D eigenvalue weighted by Gasteiger charge is -2.17. The van der Waals surface area contributed by atoms with E-state index in [4.69, 9.17) is 22.3 Å². The fraction of sp³-hybridized carbons (Fsp3) is 0.417. The van der Waals surface area contributed by atoms with Gasteiger partial charge in [0, 0.05) is 23.8 Å². The van der Waals surface area contributed by atoms with Crippen molar-refractivity contribution in [2.75, 3.05) is 13.1 Å². The first-order chi connectivity index (χ1) is 9.20. The van der Waals surface area contributed by atoms with Gasteiger partial charge < -0.3 is 4.90 Å². The largest absolute Gasteiger partial charge is 0.338 e. The second-order valence-electron chi connectivity index (χ2n) is 4.85. The molecule has 8 heteroatoms. The summed E-state index contributed by atoms with van der Waals surface area (Å²) in [4.78, 5) is 13.3. The molecule has 1 unspecified atom stereocenters. The third-order valence-electron chi connectivity index (χ3n) is 3.22. The van der Waals surface area contributed by atoms with Crippen molar-refractivity contribution < 1.29 is 17.6 Å². The van der Waals surface area contributed by atoms with Crippen LogP contribution in [0.4, 0.5) is 4.39 Å². The Morgan fingerprint density at radius 1 is 1.45 bits per heavy atom. The van der Waals surface area contributed by atoms with Gasteiger partial charge in [-0.3, -0.25) is 4.79 Å². The Morgan fingerprint density at radius 3 is 2.60 bits per heavy atom. The van der Waals surface area contributed by atoms with Crippen molar-refractivity contribution in [1.82, 2.24) is 4.90 Å². The monoisotopic (exact) mass is 339 g/mol. The summed E-state index contributed by atoms with van der Waals surface area (Å²) in [6, 6.07) is 1.72. The number of amides is 1. The van der Waals surface area contributed by atoms with Gasteiger partial charge >= 0.3 is 0 Å². The minimum Gasteiger partial charge on any atom is -0.338 e. The average Bonchev–Trinajstić information content (AvgIpc) is 2.77. The van der Waals surface area contributed by atoms with Crippen molar-refractivity contribution >= 4 is 37.2 Å². The summed E-state index contributed by atoms with van der Waals surface area (Å²) in [7, 11) is 1.05. The SMILES string of the molecule is CC1CCN(C(=O)c2cc(S(=O)(=O)Cl)cc(F)c2Cl)C1. The van der Waals surface area contributed by atoms with Crippen LogP contribution < -0.4 is 0 Å². The first-order valence-corrected chi connectivity index (χ1v) is 8.62. The highest BCUT2D eigenvalue weighted by molar-refractivity contribution is 8.13. The first kappa shape index (κ1) is 15.5. The Hall–Kier alpha value is -0.850. The third-order valence-corrected chi connectivity index (χ3v) is 4.94. The molecule has 0 radical (unpaired) electrons. The van der Waals surface area contributed by atoms with Crippen molar-refractivity contribution in [3.05, 3.63) is 28.5 Å². The maximum atomic E-state index is 13.7. The molecule has 1 aliphatic rings. The molecule has 0 N–H and O–H groups in total. The van der Waals surface area contributed by atoms with Gasteiger partial charge in [-0.2, -0.15) is 0 Å². The Kier molecular flexibility index (Phi) is 4.27. The fourth-order valence-electron chi connectivity index (χ4n) is 2.15. The highest BCUT2D eigenvalue weighted by Gasteiger charge is 2.28. The lowest BCUT2D eigenvalue weighted by molar-refractivity contribution is 0.0787. The van der Waals surface area contributed by atoms with E-state index in [1.807, 2.05) is 6.92 Å². The van der Waals surface area contributed by atoms with Gasteiger partial charge in [-0.05, 0) is 24.5 Å². The Bertz CT molecular complexity index is 663. The number of nitrogens with zero attached hydrogens (tertiary/aromatic N) is 1. The number of rotatable bonds is 2. The molecule has 1 fully saturated rings. The van der Waals surface area contributed by atoms with E-state index in [9.17, 15) is 17.6 Å². The molecule has 2 rings (SSSR count). The number of halogens is 3. The molecule has 0 bridgehead atoms. The first-order valence-electron chi connectivity index (χ1n) is 5.93. The quantitative estimate of drug-likeness (QED) is 0.778. The predicted octanol–water partition coefficient (Wildman–Crippen LogP) is 2.89. The van der Waals surface area contributed by atoms with E-state index in [1.165, 1.54) is 4.90 Å². The van der Waals surface area contributed by atoms with Crippen molar-refractivity contribution in [2.45, 2.75) is 18.2 Å². The molecular formula is C12H12Cl2FNO3S. The van der Waals surface area contributed by atoms with Crippen LogP contribution in [-0.4, -0.2) is 32.3 Å². The van der Waals surface area contributed by atoms with Gasteiger partial charge in [0.1, 0.15) is 5.82 Å². The van der Waals surface area contributed by atoms with Crippen LogP contribution in [0.1, 0.15) is 23.7 Å². The van der Waals surface area contributed by atoms with Crippen LogP contribution in [0.25, 0.3) is 0 Å². The van der Waals surface area contributed by atoms with Gasteiger partial charge in [-0.1, -0.05) is 18.5 Å². The van der Waals surface area contributed by atoms with Crippen LogP contribution in [0.15, 0.2) is 17.0 Å². The molecule has 1 aliphatic heterocycles. The van der Waals surface area contributed by atoms with Crippen LogP contribution >= 0.6 is 22.3 Å². The highest BCUT2D eigenvalue weighted by Crippen LogP contribution is 2.28.